The Kier molecular flexibility index (Phi) is 5.29. The van der Waals surface area contributed by atoms with Crippen molar-refractivity contribution in [1.82, 2.24) is 0 Å². The van der Waals surface area contributed by atoms with Gasteiger partial charge in [-0.15, -0.1) is 0 Å². The number of thioether (sulfide) groups is 1. The van der Waals surface area contributed by atoms with Gasteiger partial charge in [-0.05, 0) is 17.2 Å². The van der Waals surface area contributed by atoms with E-state index in [-0.39, 0.29) is 10.8 Å². The summed E-state index contributed by atoms with van der Waals surface area (Å²) in [6.45, 7) is 0. The van der Waals surface area contributed by atoms with Crippen LogP contribution in [-0.4, -0.2) is 10.0 Å². The van der Waals surface area contributed by atoms with E-state index >= 15 is 0 Å². The predicted molar refractivity (Wildman–Crippen MR) is 84.9 cm³/mol. The number of rotatable bonds is 5. The molecule has 0 aliphatic carbocycles. The van der Waals surface area contributed by atoms with Gasteiger partial charge >= 0.3 is 0 Å². The first-order chi connectivity index (χ1) is 10.1. The maximum Gasteiger partial charge on any atom is 0.270 e. The van der Waals surface area contributed by atoms with Gasteiger partial charge in [0.1, 0.15) is 0 Å². The number of nitro groups is 1. The van der Waals surface area contributed by atoms with Gasteiger partial charge in [-0.3, -0.25) is 14.9 Å². The Morgan fingerprint density at radius 1 is 1.14 bits per heavy atom. The van der Waals surface area contributed by atoms with Gasteiger partial charge in [-0.25, -0.2) is 0 Å². The average Bonchev–Trinajstić information content (AvgIpc) is 2.52. The zero-order chi connectivity index (χ0) is 15.1. The minimum Gasteiger partial charge on any atom is -0.282 e. The Hall–Kier alpha value is -2.40. The van der Waals surface area contributed by atoms with E-state index in [0.717, 1.165) is 5.56 Å². The number of non-ortho nitro benzene ring substituents is 1. The summed E-state index contributed by atoms with van der Waals surface area (Å²) in [4.78, 5) is 22.0. The number of hydrogen-bond acceptors (Lipinski definition) is 4. The normalized spacial score (nSPS) is 10.7. The lowest BCUT2D eigenvalue weighted by Gasteiger charge is -1.98. The Bertz CT molecular complexity index is 668. The van der Waals surface area contributed by atoms with Gasteiger partial charge in [0, 0.05) is 17.9 Å². The molecule has 0 radical (unpaired) electrons. The quantitative estimate of drug-likeness (QED) is 0.474. The number of nitro benzene ring substituents is 1. The largest absolute Gasteiger partial charge is 0.282 e. The van der Waals surface area contributed by atoms with Crippen molar-refractivity contribution in [3.63, 3.8) is 0 Å². The van der Waals surface area contributed by atoms with Crippen LogP contribution in [-0.2, 0) is 10.5 Å². The third-order valence-electron chi connectivity index (χ3n) is 2.72. The van der Waals surface area contributed by atoms with Gasteiger partial charge in [0.25, 0.3) is 5.69 Å². The first kappa shape index (κ1) is 15.0. The summed E-state index contributed by atoms with van der Waals surface area (Å²) in [6.07, 6.45) is 3.03. The summed E-state index contributed by atoms with van der Waals surface area (Å²) in [6, 6.07) is 15.9. The lowest BCUT2D eigenvalue weighted by molar-refractivity contribution is -0.384. The summed E-state index contributed by atoms with van der Waals surface area (Å²) in [5.41, 5.74) is 1.74. The lowest BCUT2D eigenvalue weighted by atomic mass is 10.2. The molecule has 0 spiro atoms. The Morgan fingerprint density at radius 3 is 2.62 bits per heavy atom. The van der Waals surface area contributed by atoms with Crippen LogP contribution in [0.15, 0.2) is 60.7 Å². The lowest BCUT2D eigenvalue weighted by Crippen LogP contribution is -1.89. The van der Waals surface area contributed by atoms with Gasteiger partial charge < -0.3 is 0 Å². The minimum atomic E-state index is -0.455. The molecule has 0 saturated carbocycles. The summed E-state index contributed by atoms with van der Waals surface area (Å²) in [5.74, 6) is 0.610. The summed E-state index contributed by atoms with van der Waals surface area (Å²) >= 11 is 1.20. The van der Waals surface area contributed by atoms with E-state index in [2.05, 4.69) is 0 Å². The molecule has 0 N–H and O–H groups in total. The second kappa shape index (κ2) is 7.40. The molecule has 0 aliphatic rings. The van der Waals surface area contributed by atoms with Crippen molar-refractivity contribution in [3.05, 3.63) is 81.9 Å². The number of benzene rings is 2. The maximum atomic E-state index is 11.8. The molecular weight excluding hydrogens is 286 g/mol. The highest BCUT2D eigenvalue weighted by atomic mass is 32.2. The monoisotopic (exact) mass is 299 g/mol. The van der Waals surface area contributed by atoms with Crippen molar-refractivity contribution in [1.29, 1.82) is 0 Å². The van der Waals surface area contributed by atoms with E-state index in [0.29, 0.717) is 11.3 Å². The Morgan fingerprint density at radius 2 is 1.90 bits per heavy atom. The number of nitrogens with zero attached hydrogens (tertiary/aromatic N) is 1. The molecule has 2 aromatic rings. The molecule has 0 atom stereocenters. The molecule has 2 aromatic carbocycles. The van der Waals surface area contributed by atoms with Crippen molar-refractivity contribution in [2.75, 3.05) is 0 Å². The van der Waals surface area contributed by atoms with Crippen LogP contribution in [0, 0.1) is 10.1 Å². The third-order valence-corrected chi connectivity index (χ3v) is 3.62. The van der Waals surface area contributed by atoms with Crippen molar-refractivity contribution >= 4 is 28.6 Å². The summed E-state index contributed by atoms with van der Waals surface area (Å²) in [7, 11) is 0. The molecule has 21 heavy (non-hydrogen) atoms. The highest BCUT2D eigenvalue weighted by molar-refractivity contribution is 8.13. The van der Waals surface area contributed by atoms with E-state index in [9.17, 15) is 14.9 Å². The van der Waals surface area contributed by atoms with Crippen LogP contribution < -0.4 is 0 Å². The molecule has 0 saturated heterocycles. The van der Waals surface area contributed by atoms with Crippen LogP contribution in [0.5, 0.6) is 0 Å². The van der Waals surface area contributed by atoms with E-state index in [1.807, 2.05) is 30.3 Å². The van der Waals surface area contributed by atoms with Gasteiger partial charge in [0.15, 0.2) is 0 Å². The van der Waals surface area contributed by atoms with Crippen molar-refractivity contribution in [2.24, 2.45) is 0 Å². The highest BCUT2D eigenvalue weighted by Crippen LogP contribution is 2.16. The SMILES string of the molecule is O=C(/C=C/c1cccc([N+](=O)[O-])c1)SCc1ccccc1. The topological polar surface area (TPSA) is 60.2 Å². The van der Waals surface area contributed by atoms with Crippen molar-refractivity contribution in [3.8, 4) is 0 Å². The van der Waals surface area contributed by atoms with Crippen LogP contribution in [0.4, 0.5) is 5.69 Å². The highest BCUT2D eigenvalue weighted by Gasteiger charge is 2.04. The van der Waals surface area contributed by atoms with Crippen LogP contribution >= 0.6 is 11.8 Å². The van der Waals surface area contributed by atoms with E-state index in [1.165, 1.54) is 30.0 Å². The average molecular weight is 299 g/mol. The van der Waals surface area contributed by atoms with E-state index < -0.39 is 4.92 Å². The van der Waals surface area contributed by atoms with Gasteiger partial charge in [0.2, 0.25) is 5.12 Å². The number of carbonyl (C=O) groups excluding carboxylic acids is 1. The molecular formula is C16H13NO3S. The second-order valence-corrected chi connectivity index (χ2v) is 5.26. The first-order valence-electron chi connectivity index (χ1n) is 6.28. The maximum absolute atomic E-state index is 11.8. The van der Waals surface area contributed by atoms with Crippen molar-refractivity contribution < 1.29 is 9.72 Å². The fourth-order valence-corrected chi connectivity index (χ4v) is 2.35. The first-order valence-corrected chi connectivity index (χ1v) is 7.27. The molecule has 0 amide bonds. The Labute approximate surface area is 126 Å². The molecule has 0 aliphatic heterocycles. The fraction of sp³-hybridized carbons (Fsp3) is 0.0625. The standard InChI is InChI=1S/C16H13NO3S/c18-16(21-12-14-5-2-1-3-6-14)10-9-13-7-4-8-15(11-13)17(19)20/h1-11H,12H2/b10-9+. The minimum absolute atomic E-state index is 0.0153. The van der Waals surface area contributed by atoms with Crippen LogP contribution in [0.25, 0.3) is 6.08 Å². The summed E-state index contributed by atoms with van der Waals surface area (Å²) < 4.78 is 0. The molecule has 0 aromatic heterocycles. The van der Waals surface area contributed by atoms with E-state index in [4.69, 9.17) is 0 Å². The van der Waals surface area contributed by atoms with Crippen LogP contribution in [0.2, 0.25) is 0 Å². The van der Waals surface area contributed by atoms with Gasteiger partial charge in [-0.1, -0.05) is 60.3 Å². The smallest absolute Gasteiger partial charge is 0.270 e. The molecule has 5 heteroatoms. The van der Waals surface area contributed by atoms with Crippen molar-refractivity contribution in [2.45, 2.75) is 5.75 Å². The zero-order valence-corrected chi connectivity index (χ0v) is 12.0. The molecule has 2 rings (SSSR count). The third kappa shape index (κ3) is 4.89. The molecule has 0 heterocycles. The Balaban J connectivity index is 1.93. The second-order valence-electron chi connectivity index (χ2n) is 4.28. The molecule has 4 nitrogen and oxygen atoms in total. The fourth-order valence-electron chi connectivity index (χ4n) is 1.68. The van der Waals surface area contributed by atoms with E-state index in [1.54, 1.807) is 18.2 Å². The van der Waals surface area contributed by atoms with Gasteiger partial charge in [0.05, 0.1) is 4.92 Å². The van der Waals surface area contributed by atoms with Crippen LogP contribution in [0.3, 0.4) is 0 Å². The number of hydrogen-bond donors (Lipinski definition) is 0. The predicted octanol–water partition coefficient (Wildman–Crippen LogP) is 4.07. The molecule has 0 fully saturated rings. The summed E-state index contributed by atoms with van der Waals surface area (Å²) in [5, 5.41) is 10.6. The molecule has 106 valence electrons. The zero-order valence-electron chi connectivity index (χ0n) is 11.1. The molecule has 0 bridgehead atoms. The van der Waals surface area contributed by atoms with Crippen LogP contribution in [0.1, 0.15) is 11.1 Å². The number of carbonyl (C=O) groups is 1. The molecule has 0 unspecified atom stereocenters. The van der Waals surface area contributed by atoms with Gasteiger partial charge in [-0.2, -0.15) is 0 Å².